The van der Waals surface area contributed by atoms with Crippen LogP contribution in [-0.4, -0.2) is 22.0 Å². The molecule has 0 aliphatic carbocycles. The third-order valence-corrected chi connectivity index (χ3v) is 4.07. The average molecular weight is 400 g/mol. The first-order valence-electron chi connectivity index (χ1n) is 7.94. The zero-order chi connectivity index (χ0) is 18.0. The Bertz CT molecular complexity index is 924. The van der Waals surface area contributed by atoms with Crippen LogP contribution in [0.2, 0.25) is 0 Å². The fourth-order valence-electron chi connectivity index (χ4n) is 2.42. The summed E-state index contributed by atoms with van der Waals surface area (Å²) in [4.78, 5) is 21.3. The average Bonchev–Trinajstić information content (AvgIpc) is 2.56. The van der Waals surface area contributed by atoms with E-state index < -0.39 is 5.97 Å². The molecular weight excluding hydrogens is 382 g/mol. The van der Waals surface area contributed by atoms with Gasteiger partial charge in [-0.1, -0.05) is 15.9 Å². The molecule has 0 saturated carbocycles. The summed E-state index contributed by atoms with van der Waals surface area (Å²) in [7, 11) is 0. The summed E-state index contributed by atoms with van der Waals surface area (Å²) < 4.78 is 6.34. The van der Waals surface area contributed by atoms with Gasteiger partial charge in [0.25, 0.3) is 0 Å². The first kappa shape index (κ1) is 17.4. The number of aromatic nitrogens is 2. The minimum Gasteiger partial charge on any atom is -0.459 e. The predicted molar refractivity (Wildman–Crippen MR) is 102 cm³/mol. The molecule has 0 radical (unpaired) electrons. The molecular formula is C19H18BrN3O2. The van der Waals surface area contributed by atoms with Crippen LogP contribution in [0.15, 0.2) is 47.1 Å². The van der Waals surface area contributed by atoms with Crippen molar-refractivity contribution >= 4 is 44.3 Å². The number of carbonyl (C=O) groups is 1. The van der Waals surface area contributed by atoms with Gasteiger partial charge in [0.1, 0.15) is 5.56 Å². The van der Waals surface area contributed by atoms with Crippen molar-refractivity contribution in [3.63, 3.8) is 0 Å². The fraction of sp³-hybridized carbons (Fsp3) is 0.211. The van der Waals surface area contributed by atoms with Gasteiger partial charge in [0.2, 0.25) is 0 Å². The number of nitrogens with zero attached hydrogens (tertiary/aromatic N) is 2. The molecule has 0 aliphatic heterocycles. The highest BCUT2D eigenvalue weighted by Gasteiger charge is 2.18. The number of anilines is 2. The number of rotatable bonds is 4. The topological polar surface area (TPSA) is 64.1 Å². The van der Waals surface area contributed by atoms with Crippen LogP contribution in [0.1, 0.15) is 29.9 Å². The van der Waals surface area contributed by atoms with E-state index in [0.717, 1.165) is 21.2 Å². The van der Waals surface area contributed by atoms with Crippen LogP contribution in [-0.2, 0) is 4.74 Å². The molecule has 0 spiro atoms. The van der Waals surface area contributed by atoms with Gasteiger partial charge < -0.3 is 10.1 Å². The van der Waals surface area contributed by atoms with E-state index in [1.165, 1.54) is 6.20 Å². The van der Waals surface area contributed by atoms with Gasteiger partial charge in [0.05, 0.1) is 11.8 Å². The number of aryl methyl sites for hydroxylation is 1. The molecule has 5 nitrogen and oxygen atoms in total. The number of hydrogen-bond donors (Lipinski definition) is 1. The first-order valence-corrected chi connectivity index (χ1v) is 8.73. The van der Waals surface area contributed by atoms with Crippen LogP contribution in [0, 0.1) is 6.92 Å². The van der Waals surface area contributed by atoms with Crippen LogP contribution in [0.4, 0.5) is 11.4 Å². The zero-order valence-electron chi connectivity index (χ0n) is 14.2. The number of esters is 1. The van der Waals surface area contributed by atoms with Crippen LogP contribution < -0.4 is 5.32 Å². The normalized spacial score (nSPS) is 10.9. The molecule has 1 aromatic carbocycles. The summed E-state index contributed by atoms with van der Waals surface area (Å²) in [6.07, 6.45) is 1.31. The molecule has 0 fully saturated rings. The van der Waals surface area contributed by atoms with E-state index in [1.807, 2.05) is 57.2 Å². The van der Waals surface area contributed by atoms with Crippen LogP contribution in [0.3, 0.4) is 0 Å². The monoisotopic (exact) mass is 399 g/mol. The summed E-state index contributed by atoms with van der Waals surface area (Å²) in [5.41, 5.74) is 3.34. The molecule has 3 aromatic rings. The molecule has 0 bridgehead atoms. The quantitative estimate of drug-likeness (QED) is 0.624. The minimum atomic E-state index is -0.412. The Morgan fingerprint density at radius 2 is 1.88 bits per heavy atom. The van der Waals surface area contributed by atoms with Gasteiger partial charge in [0, 0.05) is 27.4 Å². The molecule has 0 unspecified atom stereocenters. The Kier molecular flexibility index (Phi) is 4.99. The molecule has 25 heavy (non-hydrogen) atoms. The first-order chi connectivity index (χ1) is 11.9. The molecule has 0 atom stereocenters. The maximum Gasteiger partial charge on any atom is 0.342 e. The molecule has 3 rings (SSSR count). The number of ether oxygens (including phenoxy) is 1. The Morgan fingerprint density at radius 3 is 2.56 bits per heavy atom. The molecule has 128 valence electrons. The Labute approximate surface area is 154 Å². The summed E-state index contributed by atoms with van der Waals surface area (Å²) in [6.45, 7) is 5.54. The van der Waals surface area contributed by atoms with Crippen molar-refractivity contribution in [3.05, 3.63) is 58.3 Å². The highest BCUT2D eigenvalue weighted by Crippen LogP contribution is 2.30. The Balaban J connectivity index is 2.12. The molecule has 0 amide bonds. The Morgan fingerprint density at radius 1 is 1.16 bits per heavy atom. The number of carbonyl (C=O) groups excluding carboxylic acids is 1. The molecule has 2 heterocycles. The van der Waals surface area contributed by atoms with E-state index in [4.69, 9.17) is 4.74 Å². The Hall–Kier alpha value is -2.47. The fourth-order valence-corrected chi connectivity index (χ4v) is 2.68. The van der Waals surface area contributed by atoms with Gasteiger partial charge in [-0.3, -0.25) is 0 Å². The lowest BCUT2D eigenvalue weighted by molar-refractivity contribution is 0.0379. The van der Waals surface area contributed by atoms with Gasteiger partial charge in [-0.2, -0.15) is 0 Å². The number of fused-ring (bicyclic) bond motifs is 1. The van der Waals surface area contributed by atoms with Crippen molar-refractivity contribution in [2.45, 2.75) is 26.9 Å². The second-order valence-electron chi connectivity index (χ2n) is 5.96. The minimum absolute atomic E-state index is 0.208. The van der Waals surface area contributed by atoms with Crippen LogP contribution >= 0.6 is 15.9 Å². The zero-order valence-corrected chi connectivity index (χ0v) is 15.8. The maximum absolute atomic E-state index is 12.5. The van der Waals surface area contributed by atoms with E-state index in [-0.39, 0.29) is 6.10 Å². The van der Waals surface area contributed by atoms with Crippen molar-refractivity contribution in [2.24, 2.45) is 0 Å². The van der Waals surface area contributed by atoms with E-state index in [2.05, 4.69) is 31.2 Å². The highest BCUT2D eigenvalue weighted by atomic mass is 79.9. The smallest absolute Gasteiger partial charge is 0.342 e. The van der Waals surface area contributed by atoms with Gasteiger partial charge >= 0.3 is 5.97 Å². The molecule has 6 heteroatoms. The van der Waals surface area contributed by atoms with E-state index >= 15 is 0 Å². The second-order valence-corrected chi connectivity index (χ2v) is 6.87. The van der Waals surface area contributed by atoms with Crippen molar-refractivity contribution in [1.82, 2.24) is 9.97 Å². The summed E-state index contributed by atoms with van der Waals surface area (Å²) in [5, 5.41) is 4.08. The predicted octanol–water partition coefficient (Wildman–Crippen LogP) is 5.01. The lowest BCUT2D eigenvalue weighted by atomic mass is 10.1. The molecule has 1 N–H and O–H groups in total. The van der Waals surface area contributed by atoms with E-state index in [9.17, 15) is 4.79 Å². The number of benzene rings is 1. The largest absolute Gasteiger partial charge is 0.459 e. The summed E-state index contributed by atoms with van der Waals surface area (Å²) in [5.74, 6) is -0.412. The standard InChI is InChI=1S/C19H18BrN3O2/c1-11(2)25-19(24)16-10-21-18-15(9-4-12(3)22-18)17(16)23-14-7-5-13(20)6-8-14/h4-11H,1-3H3,(H,21,22,23). The molecule has 2 aromatic heterocycles. The highest BCUT2D eigenvalue weighted by molar-refractivity contribution is 9.10. The van der Waals surface area contributed by atoms with Gasteiger partial charge in [-0.05, 0) is 57.2 Å². The SMILES string of the molecule is Cc1ccc2c(Nc3ccc(Br)cc3)c(C(=O)OC(C)C)cnc2n1. The third kappa shape index (κ3) is 3.96. The number of nitrogens with one attached hydrogen (secondary N) is 1. The van der Waals surface area contributed by atoms with Crippen LogP contribution in [0.25, 0.3) is 11.0 Å². The summed E-state index contributed by atoms with van der Waals surface area (Å²) >= 11 is 3.42. The lowest BCUT2D eigenvalue weighted by Crippen LogP contribution is -2.14. The van der Waals surface area contributed by atoms with Crippen LogP contribution in [0.5, 0.6) is 0 Å². The van der Waals surface area contributed by atoms with E-state index in [1.54, 1.807) is 0 Å². The van der Waals surface area contributed by atoms with Crippen molar-refractivity contribution in [3.8, 4) is 0 Å². The third-order valence-electron chi connectivity index (χ3n) is 3.55. The molecule has 0 saturated heterocycles. The van der Waals surface area contributed by atoms with Crippen molar-refractivity contribution < 1.29 is 9.53 Å². The van der Waals surface area contributed by atoms with Gasteiger partial charge in [-0.15, -0.1) is 0 Å². The van der Waals surface area contributed by atoms with E-state index in [0.29, 0.717) is 16.9 Å². The van der Waals surface area contributed by atoms with Crippen molar-refractivity contribution in [2.75, 3.05) is 5.32 Å². The van der Waals surface area contributed by atoms with Gasteiger partial charge in [-0.25, -0.2) is 14.8 Å². The summed E-state index contributed by atoms with van der Waals surface area (Å²) in [6, 6.07) is 11.5. The number of hydrogen-bond acceptors (Lipinski definition) is 5. The van der Waals surface area contributed by atoms with Gasteiger partial charge in [0.15, 0.2) is 5.65 Å². The number of halogens is 1. The maximum atomic E-state index is 12.5. The lowest BCUT2D eigenvalue weighted by Gasteiger charge is -2.15. The number of pyridine rings is 2. The second kappa shape index (κ2) is 7.19. The molecule has 0 aliphatic rings. The van der Waals surface area contributed by atoms with Crippen molar-refractivity contribution in [1.29, 1.82) is 0 Å².